The minimum Gasteiger partial charge on any atom is -0.493 e. The zero-order chi connectivity index (χ0) is 28.7. The number of nitrogens with one attached hydrogen (secondary N) is 2. The Morgan fingerprint density at radius 3 is 2.70 bits per heavy atom. The summed E-state index contributed by atoms with van der Waals surface area (Å²) in [5.74, 6) is 0.756. The van der Waals surface area contributed by atoms with Crippen molar-refractivity contribution in [2.24, 2.45) is 5.10 Å². The van der Waals surface area contributed by atoms with Crippen molar-refractivity contribution in [3.8, 4) is 11.5 Å². The predicted molar refractivity (Wildman–Crippen MR) is 158 cm³/mol. The fourth-order valence-electron chi connectivity index (χ4n) is 3.64. The van der Waals surface area contributed by atoms with Gasteiger partial charge in [0.1, 0.15) is 6.61 Å². The van der Waals surface area contributed by atoms with Gasteiger partial charge >= 0.3 is 6.18 Å². The summed E-state index contributed by atoms with van der Waals surface area (Å²) in [5, 5.41) is 8.89. The molecule has 0 atom stereocenters. The van der Waals surface area contributed by atoms with E-state index >= 15 is 0 Å². The first-order valence-corrected chi connectivity index (χ1v) is 13.8. The molecular formula is C28H24F3IN4O3S. The van der Waals surface area contributed by atoms with E-state index in [0.717, 1.165) is 26.8 Å². The van der Waals surface area contributed by atoms with Crippen LogP contribution in [0.25, 0.3) is 0 Å². The maximum absolute atomic E-state index is 12.9. The van der Waals surface area contributed by atoms with Crippen LogP contribution in [0.1, 0.15) is 27.9 Å². The molecule has 1 heterocycles. The average molecular weight is 680 g/mol. The van der Waals surface area contributed by atoms with Crippen LogP contribution in [-0.2, 0) is 24.0 Å². The van der Waals surface area contributed by atoms with Gasteiger partial charge in [0.2, 0.25) is 5.91 Å². The van der Waals surface area contributed by atoms with E-state index in [2.05, 4.69) is 49.5 Å². The highest BCUT2D eigenvalue weighted by Crippen LogP contribution is 2.34. The van der Waals surface area contributed by atoms with Gasteiger partial charge in [0.05, 0.1) is 34.6 Å². The molecule has 0 saturated heterocycles. The molecule has 0 spiro atoms. The van der Waals surface area contributed by atoms with E-state index in [1.54, 1.807) is 18.6 Å². The number of benzene rings is 3. The van der Waals surface area contributed by atoms with Crippen LogP contribution in [0.5, 0.6) is 11.5 Å². The van der Waals surface area contributed by atoms with Crippen LogP contribution in [0.4, 0.5) is 24.0 Å². The Balaban J connectivity index is 1.32. The van der Waals surface area contributed by atoms with Crippen LogP contribution in [0.2, 0.25) is 0 Å². The number of aromatic nitrogens is 1. The Morgan fingerprint density at radius 1 is 1.15 bits per heavy atom. The first kappa shape index (κ1) is 29.3. The minimum absolute atomic E-state index is 0.0509. The van der Waals surface area contributed by atoms with E-state index in [4.69, 9.17) is 9.47 Å². The maximum atomic E-state index is 12.9. The molecule has 2 N–H and O–H groups in total. The van der Waals surface area contributed by atoms with E-state index in [1.165, 1.54) is 29.7 Å². The number of ether oxygens (including phenoxy) is 2. The number of hydrogen-bond acceptors (Lipinski definition) is 7. The average Bonchev–Trinajstić information content (AvgIpc) is 3.33. The van der Waals surface area contributed by atoms with Crippen molar-refractivity contribution >= 4 is 56.9 Å². The number of carbonyl (C=O) groups excluding carboxylic acids is 1. The lowest BCUT2D eigenvalue weighted by Gasteiger charge is -2.14. The minimum atomic E-state index is -4.44. The van der Waals surface area contributed by atoms with Crippen molar-refractivity contribution < 1.29 is 27.4 Å². The van der Waals surface area contributed by atoms with Crippen molar-refractivity contribution in [2.75, 3.05) is 12.4 Å². The Bertz CT molecular complexity index is 1520. The molecular weight excluding hydrogens is 656 g/mol. The number of methoxy groups -OCH3 is 1. The Morgan fingerprint density at radius 2 is 1.95 bits per heavy atom. The smallest absolute Gasteiger partial charge is 0.416 e. The quantitative estimate of drug-likeness (QED) is 0.106. The van der Waals surface area contributed by atoms with Crippen molar-refractivity contribution in [2.45, 2.75) is 26.1 Å². The summed E-state index contributed by atoms with van der Waals surface area (Å²) in [5.41, 5.74) is 5.31. The monoisotopic (exact) mass is 680 g/mol. The molecule has 0 aliphatic carbocycles. The van der Waals surface area contributed by atoms with Gasteiger partial charge in [-0.3, -0.25) is 4.79 Å². The number of halogens is 4. The third-order valence-corrected chi connectivity index (χ3v) is 7.06. The molecule has 4 rings (SSSR count). The number of aryl methyl sites for hydroxylation is 1. The third-order valence-electron chi connectivity index (χ3n) is 5.45. The summed E-state index contributed by atoms with van der Waals surface area (Å²) in [7, 11) is 1.55. The van der Waals surface area contributed by atoms with Gasteiger partial charge in [-0.15, -0.1) is 11.3 Å². The number of hydrogen-bond donors (Lipinski definition) is 2. The molecule has 0 aliphatic heterocycles. The first-order chi connectivity index (χ1) is 19.1. The lowest BCUT2D eigenvalue weighted by Crippen LogP contribution is -2.20. The molecule has 40 heavy (non-hydrogen) atoms. The number of rotatable bonds is 10. The fraction of sp³-hybridized carbons (Fsp3) is 0.179. The maximum Gasteiger partial charge on any atom is 0.416 e. The van der Waals surface area contributed by atoms with Gasteiger partial charge in [-0.2, -0.15) is 18.3 Å². The summed E-state index contributed by atoms with van der Waals surface area (Å²) < 4.78 is 51.1. The number of thiazole rings is 1. The molecule has 208 valence electrons. The molecule has 0 radical (unpaired) electrons. The molecule has 4 aromatic rings. The number of amides is 1. The van der Waals surface area contributed by atoms with Crippen molar-refractivity contribution in [1.29, 1.82) is 0 Å². The largest absolute Gasteiger partial charge is 0.493 e. The summed E-state index contributed by atoms with van der Waals surface area (Å²) in [4.78, 5) is 16.6. The molecule has 0 unspecified atom stereocenters. The van der Waals surface area contributed by atoms with Gasteiger partial charge in [0.15, 0.2) is 16.6 Å². The number of nitrogens with zero attached hydrogens (tertiary/aromatic N) is 2. The van der Waals surface area contributed by atoms with Gasteiger partial charge in [0, 0.05) is 11.1 Å². The lowest BCUT2D eigenvalue weighted by molar-refractivity contribution is -0.137. The molecule has 0 saturated carbocycles. The van der Waals surface area contributed by atoms with E-state index < -0.39 is 17.6 Å². The molecule has 0 bridgehead atoms. The molecule has 12 heteroatoms. The molecule has 0 fully saturated rings. The predicted octanol–water partition coefficient (Wildman–Crippen LogP) is 7.10. The Hall–Kier alpha value is -3.65. The van der Waals surface area contributed by atoms with Crippen molar-refractivity contribution in [3.63, 3.8) is 0 Å². The number of alkyl halides is 3. The Labute approximate surface area is 246 Å². The van der Waals surface area contributed by atoms with Gasteiger partial charge in [0.25, 0.3) is 0 Å². The first-order valence-electron chi connectivity index (χ1n) is 11.9. The second kappa shape index (κ2) is 13.1. The highest BCUT2D eigenvalue weighted by molar-refractivity contribution is 14.1. The zero-order valence-corrected chi connectivity index (χ0v) is 24.4. The number of carbonyl (C=O) groups is 1. The number of hydrazone groups is 1. The molecule has 7 nitrogen and oxygen atoms in total. The summed E-state index contributed by atoms with van der Waals surface area (Å²) >= 11 is 3.34. The van der Waals surface area contributed by atoms with E-state index in [1.807, 2.05) is 31.2 Å². The highest BCUT2D eigenvalue weighted by Gasteiger charge is 2.30. The van der Waals surface area contributed by atoms with Gasteiger partial charge in [-0.1, -0.05) is 35.9 Å². The van der Waals surface area contributed by atoms with Crippen LogP contribution in [0.15, 0.2) is 71.1 Å². The van der Waals surface area contributed by atoms with Gasteiger partial charge < -0.3 is 14.8 Å². The van der Waals surface area contributed by atoms with Crippen LogP contribution in [0.3, 0.4) is 0 Å². The highest BCUT2D eigenvalue weighted by atomic mass is 127. The lowest BCUT2D eigenvalue weighted by atomic mass is 10.1. The Kier molecular flexibility index (Phi) is 9.63. The van der Waals surface area contributed by atoms with Gasteiger partial charge in [-0.05, 0) is 71.0 Å². The zero-order valence-electron chi connectivity index (χ0n) is 21.4. The molecule has 1 aromatic heterocycles. The molecule has 1 amide bonds. The third kappa shape index (κ3) is 8.18. The molecule has 3 aromatic carbocycles. The normalized spacial score (nSPS) is 11.4. The number of anilines is 2. The summed E-state index contributed by atoms with van der Waals surface area (Å²) in [6.07, 6.45) is -3.00. The second-order valence-corrected chi connectivity index (χ2v) is 10.6. The van der Waals surface area contributed by atoms with Crippen molar-refractivity contribution in [3.05, 3.63) is 97.6 Å². The summed E-state index contributed by atoms with van der Waals surface area (Å²) in [6, 6.07) is 16.5. The standard InChI is InChI=1S/C28H24F3IN4O3S/c1-17-5-3-6-18(9-17)15-39-26-23(32)10-19(11-24(26)38-2)14-33-36-25(37)13-22-16-40-27(35-22)34-21-8-4-7-20(12-21)28(29,30)31/h3-12,14,16H,13,15H2,1-2H3,(H,34,35)(H,36,37)/b33-14-. The van der Waals surface area contributed by atoms with E-state index in [-0.39, 0.29) is 12.1 Å². The summed E-state index contributed by atoms with van der Waals surface area (Å²) in [6.45, 7) is 2.42. The van der Waals surface area contributed by atoms with Crippen LogP contribution in [0, 0.1) is 10.5 Å². The van der Waals surface area contributed by atoms with E-state index in [9.17, 15) is 18.0 Å². The van der Waals surface area contributed by atoms with Crippen LogP contribution >= 0.6 is 33.9 Å². The van der Waals surface area contributed by atoms with Gasteiger partial charge in [-0.25, -0.2) is 10.4 Å². The SMILES string of the molecule is COc1cc(/C=N\NC(=O)Cc2csc(Nc3cccc(C(F)(F)F)c3)n2)cc(I)c1OCc1cccc(C)c1. The van der Waals surface area contributed by atoms with Crippen LogP contribution in [-0.4, -0.2) is 24.2 Å². The van der Waals surface area contributed by atoms with Crippen LogP contribution < -0.4 is 20.2 Å². The van der Waals surface area contributed by atoms with Crippen molar-refractivity contribution in [1.82, 2.24) is 10.4 Å². The molecule has 0 aliphatic rings. The fourth-order valence-corrected chi connectivity index (χ4v) is 5.15. The van der Waals surface area contributed by atoms with E-state index in [0.29, 0.717) is 34.5 Å². The second-order valence-electron chi connectivity index (χ2n) is 8.63. The topological polar surface area (TPSA) is 84.8 Å².